The topological polar surface area (TPSA) is 101 Å². The number of morpholine rings is 1. The van der Waals surface area contributed by atoms with Gasteiger partial charge in [-0.05, 0) is 48.3 Å². The number of ether oxygens (including phenoxy) is 3. The highest BCUT2D eigenvalue weighted by Crippen LogP contribution is 2.39. The Hall–Kier alpha value is -2.71. The van der Waals surface area contributed by atoms with E-state index in [-0.39, 0.29) is 18.4 Å². The molecule has 0 spiro atoms. The van der Waals surface area contributed by atoms with Gasteiger partial charge < -0.3 is 19.5 Å². The van der Waals surface area contributed by atoms with E-state index in [4.69, 9.17) is 14.2 Å². The van der Waals surface area contributed by atoms with Gasteiger partial charge in [0.1, 0.15) is 17.7 Å². The first kappa shape index (κ1) is 24.4. The number of hydrogen-bond donors (Lipinski definition) is 1. The lowest BCUT2D eigenvalue weighted by molar-refractivity contribution is -0.111. The molecule has 2 aromatic heterocycles. The van der Waals surface area contributed by atoms with E-state index in [1.807, 2.05) is 17.5 Å². The van der Waals surface area contributed by atoms with E-state index in [0.29, 0.717) is 43.4 Å². The molecular weight excluding hydrogens is 474 g/mol. The summed E-state index contributed by atoms with van der Waals surface area (Å²) in [4.78, 5) is 28.6. The van der Waals surface area contributed by atoms with Crippen LogP contribution in [0.25, 0.3) is 6.08 Å². The number of thiophene rings is 2. The van der Waals surface area contributed by atoms with Crippen LogP contribution in [0.15, 0.2) is 23.6 Å². The fraction of sp³-hybridized carbons (Fsp3) is 0.458. The lowest BCUT2D eigenvalue weighted by atomic mass is 9.88. The van der Waals surface area contributed by atoms with Crippen LogP contribution in [-0.4, -0.2) is 63.0 Å². The predicted molar refractivity (Wildman–Crippen MR) is 131 cm³/mol. The van der Waals surface area contributed by atoms with Crippen molar-refractivity contribution in [1.29, 1.82) is 5.26 Å². The first-order valence-electron chi connectivity index (χ1n) is 11.3. The maximum atomic E-state index is 12.3. The van der Waals surface area contributed by atoms with E-state index in [1.54, 1.807) is 17.4 Å². The van der Waals surface area contributed by atoms with Crippen molar-refractivity contribution >= 4 is 45.8 Å². The highest BCUT2D eigenvalue weighted by molar-refractivity contribution is 7.16. The summed E-state index contributed by atoms with van der Waals surface area (Å²) in [6.07, 6.45) is 4.82. The van der Waals surface area contributed by atoms with Gasteiger partial charge in [-0.25, -0.2) is 4.79 Å². The minimum absolute atomic E-state index is 0.159. The second kappa shape index (κ2) is 12.1. The average Bonchev–Trinajstić information content (AvgIpc) is 3.49. The third-order valence-corrected chi connectivity index (χ3v) is 7.83. The normalized spacial score (nSPS) is 18.3. The summed E-state index contributed by atoms with van der Waals surface area (Å²) in [5.41, 5.74) is 1.54. The van der Waals surface area contributed by atoms with Gasteiger partial charge >= 0.3 is 6.16 Å². The van der Waals surface area contributed by atoms with Crippen LogP contribution in [0.2, 0.25) is 0 Å². The van der Waals surface area contributed by atoms with Crippen molar-refractivity contribution in [3.8, 4) is 6.07 Å². The molecule has 0 radical (unpaired) electrons. The number of amides is 1. The molecule has 1 saturated heterocycles. The summed E-state index contributed by atoms with van der Waals surface area (Å²) in [5, 5.41) is 15.1. The Labute approximate surface area is 206 Å². The van der Waals surface area contributed by atoms with Crippen molar-refractivity contribution in [2.75, 3.05) is 51.4 Å². The molecule has 1 unspecified atom stereocenters. The van der Waals surface area contributed by atoms with Crippen molar-refractivity contribution in [3.05, 3.63) is 44.5 Å². The van der Waals surface area contributed by atoms with Crippen LogP contribution >= 0.6 is 22.7 Å². The minimum Gasteiger partial charge on any atom is -0.434 e. The van der Waals surface area contributed by atoms with Crippen LogP contribution < -0.4 is 5.32 Å². The lowest BCUT2D eigenvalue weighted by Gasteiger charge is -2.26. The number of nitrogens with zero attached hydrogens (tertiary/aromatic N) is 2. The Morgan fingerprint density at radius 2 is 2.18 bits per heavy atom. The zero-order chi connectivity index (χ0) is 23.8. The SMILES string of the molecule is N#Cc1c(NC(=O)/C=C/c2cccs2)sc2c1CCC(COC(=O)OCCN1CCOCC1)C2. The van der Waals surface area contributed by atoms with Gasteiger partial charge in [0.2, 0.25) is 5.91 Å². The van der Waals surface area contributed by atoms with Crippen LogP contribution in [0.3, 0.4) is 0 Å². The lowest BCUT2D eigenvalue weighted by Crippen LogP contribution is -2.38. The molecule has 2 aromatic rings. The van der Waals surface area contributed by atoms with Crippen molar-refractivity contribution in [1.82, 2.24) is 4.90 Å². The number of fused-ring (bicyclic) bond motifs is 1. The molecule has 0 aromatic carbocycles. The molecule has 2 aliphatic rings. The summed E-state index contributed by atoms with van der Waals surface area (Å²) < 4.78 is 15.8. The Kier molecular flexibility index (Phi) is 8.71. The first-order valence-corrected chi connectivity index (χ1v) is 13.0. The molecule has 4 rings (SSSR count). The molecule has 3 heterocycles. The average molecular weight is 502 g/mol. The van der Waals surface area contributed by atoms with Crippen molar-refractivity contribution in [3.63, 3.8) is 0 Å². The molecule has 1 aliphatic carbocycles. The highest BCUT2D eigenvalue weighted by Gasteiger charge is 2.27. The van der Waals surface area contributed by atoms with Crippen molar-refractivity contribution in [2.24, 2.45) is 5.92 Å². The number of hydrogen-bond acceptors (Lipinski definition) is 9. The number of carbonyl (C=O) groups is 2. The highest BCUT2D eigenvalue weighted by atomic mass is 32.1. The Morgan fingerprint density at radius 3 is 2.94 bits per heavy atom. The van der Waals surface area contributed by atoms with Crippen LogP contribution in [0.5, 0.6) is 0 Å². The molecule has 8 nitrogen and oxygen atoms in total. The van der Waals surface area contributed by atoms with Gasteiger partial charge in [-0.3, -0.25) is 9.69 Å². The Morgan fingerprint density at radius 1 is 1.32 bits per heavy atom. The molecule has 0 bridgehead atoms. The van der Waals surface area contributed by atoms with Gasteiger partial charge in [0.05, 0.1) is 25.4 Å². The van der Waals surface area contributed by atoms with Gasteiger partial charge in [-0.1, -0.05) is 6.07 Å². The molecule has 10 heteroatoms. The standard InChI is InChI=1S/C24H27N3O5S2/c25-15-20-19-5-3-17(16-32-24(29)31-12-9-27-7-10-30-11-8-27)14-21(19)34-23(20)26-22(28)6-4-18-2-1-13-33-18/h1-2,4,6,13,17H,3,5,7-12,14,16H2,(H,26,28)/b6-4+. The van der Waals surface area contributed by atoms with E-state index in [0.717, 1.165) is 41.2 Å². The molecule has 34 heavy (non-hydrogen) atoms. The minimum atomic E-state index is -0.645. The second-order valence-electron chi connectivity index (χ2n) is 8.13. The zero-order valence-corrected chi connectivity index (χ0v) is 20.4. The van der Waals surface area contributed by atoms with Crippen LogP contribution in [0.1, 0.15) is 27.3 Å². The van der Waals surface area contributed by atoms with Gasteiger partial charge in [-0.2, -0.15) is 5.26 Å². The van der Waals surface area contributed by atoms with Gasteiger partial charge in [0, 0.05) is 35.5 Å². The zero-order valence-electron chi connectivity index (χ0n) is 18.8. The molecule has 180 valence electrons. The number of nitriles is 1. The molecule has 1 aliphatic heterocycles. The predicted octanol–water partition coefficient (Wildman–Crippen LogP) is 3.92. The number of nitrogens with one attached hydrogen (secondary N) is 1. The van der Waals surface area contributed by atoms with Crippen molar-refractivity contribution < 1.29 is 23.8 Å². The van der Waals surface area contributed by atoms with Crippen molar-refractivity contribution in [2.45, 2.75) is 19.3 Å². The number of carbonyl (C=O) groups excluding carboxylic acids is 2. The van der Waals surface area contributed by atoms with Crippen LogP contribution in [-0.2, 0) is 31.8 Å². The maximum Gasteiger partial charge on any atom is 0.508 e. The molecule has 1 amide bonds. The number of rotatable bonds is 8. The summed E-state index contributed by atoms with van der Waals surface area (Å²) in [6.45, 7) is 4.37. The van der Waals surface area contributed by atoms with E-state index < -0.39 is 6.16 Å². The van der Waals surface area contributed by atoms with Crippen LogP contribution in [0, 0.1) is 17.2 Å². The fourth-order valence-electron chi connectivity index (χ4n) is 4.01. The van der Waals surface area contributed by atoms with E-state index in [1.165, 1.54) is 17.4 Å². The maximum absolute atomic E-state index is 12.3. The van der Waals surface area contributed by atoms with Crippen LogP contribution in [0.4, 0.5) is 9.80 Å². The summed E-state index contributed by atoms with van der Waals surface area (Å²) >= 11 is 2.98. The molecule has 1 N–H and O–H groups in total. The second-order valence-corrected chi connectivity index (χ2v) is 10.2. The van der Waals surface area contributed by atoms with Gasteiger partial charge in [-0.15, -0.1) is 22.7 Å². The summed E-state index contributed by atoms with van der Waals surface area (Å²) in [6, 6.07) is 6.11. The quantitative estimate of drug-likeness (QED) is 0.432. The summed E-state index contributed by atoms with van der Waals surface area (Å²) in [5.74, 6) is -0.102. The Bertz CT molecular complexity index is 1050. The smallest absolute Gasteiger partial charge is 0.434 e. The molecule has 1 atom stereocenters. The van der Waals surface area contributed by atoms with E-state index in [2.05, 4.69) is 16.3 Å². The first-order chi connectivity index (χ1) is 16.6. The fourth-order valence-corrected chi connectivity index (χ4v) is 5.94. The third kappa shape index (κ3) is 6.67. The Balaban J connectivity index is 1.25. The molecule has 1 fully saturated rings. The number of anilines is 1. The molecule has 0 saturated carbocycles. The monoisotopic (exact) mass is 501 g/mol. The van der Waals surface area contributed by atoms with Gasteiger partial charge in [0.15, 0.2) is 0 Å². The third-order valence-electron chi connectivity index (χ3n) is 5.83. The van der Waals surface area contributed by atoms with E-state index in [9.17, 15) is 14.9 Å². The summed E-state index contributed by atoms with van der Waals surface area (Å²) in [7, 11) is 0. The van der Waals surface area contributed by atoms with E-state index >= 15 is 0 Å². The van der Waals surface area contributed by atoms with Gasteiger partial charge in [0.25, 0.3) is 0 Å². The largest absolute Gasteiger partial charge is 0.508 e. The molecular formula is C24H27N3O5S2.